The van der Waals surface area contributed by atoms with Crippen LogP contribution in [0.1, 0.15) is 46.8 Å². The average Bonchev–Trinajstić information content (AvgIpc) is 2.76. The molecule has 3 rings (SSSR count). The number of carbonyl (C=O) groups is 2. The number of pyridine rings is 1. The number of aryl methyl sites for hydroxylation is 2. The molecule has 2 heterocycles. The maximum atomic E-state index is 12.6. The Kier molecular flexibility index (Phi) is 8.97. The first-order chi connectivity index (χ1) is 14.5. The van der Waals surface area contributed by atoms with Crippen LogP contribution in [0.3, 0.4) is 0 Å². The molecule has 0 saturated carbocycles. The molecular weight excluding hydrogens is 414 g/mol. The Bertz CT molecular complexity index is 960. The third-order valence-electron chi connectivity index (χ3n) is 5.46. The van der Waals surface area contributed by atoms with Gasteiger partial charge in [-0.2, -0.15) is 0 Å². The molecule has 1 fully saturated rings. The minimum Gasteiger partial charge on any atom is -0.339 e. The van der Waals surface area contributed by atoms with E-state index in [9.17, 15) is 9.59 Å². The predicted octanol–water partition coefficient (Wildman–Crippen LogP) is 4.06. The van der Waals surface area contributed by atoms with Gasteiger partial charge in [-0.15, -0.1) is 12.4 Å². The molecule has 0 unspecified atom stereocenters. The number of likely N-dealkylation sites (tertiary alicyclic amines) is 1. The molecule has 1 saturated heterocycles. The number of nitrogens with zero attached hydrogens (tertiary/aromatic N) is 2. The van der Waals surface area contributed by atoms with Gasteiger partial charge >= 0.3 is 0 Å². The van der Waals surface area contributed by atoms with Gasteiger partial charge < -0.3 is 4.90 Å². The number of hydrogen-bond acceptors (Lipinski definition) is 4. The molecule has 1 aliphatic heterocycles. The van der Waals surface area contributed by atoms with Gasteiger partial charge in [0.15, 0.2) is 0 Å². The number of benzene rings is 1. The first-order valence-electron chi connectivity index (χ1n) is 10.1. The highest BCUT2D eigenvalue weighted by atomic mass is 35.5. The molecule has 2 amide bonds. The summed E-state index contributed by atoms with van der Waals surface area (Å²) in [6.45, 7) is 5.81. The zero-order valence-corrected chi connectivity index (χ0v) is 18.6. The number of hydrogen-bond donors (Lipinski definition) is 2. The Morgan fingerprint density at radius 1 is 1.00 bits per heavy atom. The normalized spacial score (nSPS) is 14.6. The van der Waals surface area contributed by atoms with Crippen molar-refractivity contribution in [3.63, 3.8) is 0 Å². The van der Waals surface area contributed by atoms with Gasteiger partial charge in [-0.1, -0.05) is 24.3 Å². The summed E-state index contributed by atoms with van der Waals surface area (Å²) in [5.41, 5.74) is 6.81. The number of piperidine rings is 1. The van der Waals surface area contributed by atoms with E-state index < -0.39 is 5.91 Å². The van der Waals surface area contributed by atoms with Gasteiger partial charge in [0.2, 0.25) is 5.91 Å². The summed E-state index contributed by atoms with van der Waals surface area (Å²) in [5.74, 6) is -0.143. The standard InChI is InChI=1S/C24H27N3O3.ClH/c1-17-5-3-6-18(2)24(17)19-13-15-27(16-14-19)23(29)12-10-21-8-4-7-20(25-21)9-11-22(28)26-30;/h3-12,19,30H,13-16H2,1-2H3,(H,26,28);1H/b11-9+,12-10+;. The van der Waals surface area contributed by atoms with E-state index in [1.807, 2.05) is 4.90 Å². The molecule has 1 aromatic heterocycles. The molecular formula is C24H28ClN3O3. The van der Waals surface area contributed by atoms with E-state index in [4.69, 9.17) is 5.21 Å². The summed E-state index contributed by atoms with van der Waals surface area (Å²) >= 11 is 0. The number of nitrogens with one attached hydrogen (secondary N) is 1. The summed E-state index contributed by atoms with van der Waals surface area (Å²) in [4.78, 5) is 29.9. The van der Waals surface area contributed by atoms with Gasteiger partial charge in [0.1, 0.15) is 0 Å². The van der Waals surface area contributed by atoms with Crippen LogP contribution < -0.4 is 5.48 Å². The van der Waals surface area contributed by atoms with E-state index in [1.54, 1.807) is 30.4 Å². The molecule has 2 aromatic rings. The monoisotopic (exact) mass is 441 g/mol. The van der Waals surface area contributed by atoms with Crippen LogP contribution in [-0.2, 0) is 9.59 Å². The Balaban J connectivity index is 0.00000341. The van der Waals surface area contributed by atoms with Gasteiger partial charge in [-0.3, -0.25) is 14.8 Å². The molecule has 7 heteroatoms. The van der Waals surface area contributed by atoms with Crippen LogP contribution in [0, 0.1) is 13.8 Å². The minimum absolute atomic E-state index is 0. The zero-order valence-electron chi connectivity index (χ0n) is 17.7. The van der Waals surface area contributed by atoms with Crippen molar-refractivity contribution in [1.82, 2.24) is 15.4 Å². The van der Waals surface area contributed by atoms with Crippen molar-refractivity contribution in [2.45, 2.75) is 32.6 Å². The Hall–Kier alpha value is -2.96. The lowest BCUT2D eigenvalue weighted by Crippen LogP contribution is -2.37. The topological polar surface area (TPSA) is 82.5 Å². The van der Waals surface area contributed by atoms with E-state index in [1.165, 1.54) is 34.3 Å². The third kappa shape index (κ3) is 6.51. The molecule has 164 valence electrons. The second-order valence-electron chi connectivity index (χ2n) is 7.54. The largest absolute Gasteiger partial charge is 0.339 e. The van der Waals surface area contributed by atoms with Crippen LogP contribution in [0.4, 0.5) is 0 Å². The molecule has 6 nitrogen and oxygen atoms in total. The van der Waals surface area contributed by atoms with Crippen LogP contribution in [0.15, 0.2) is 48.6 Å². The van der Waals surface area contributed by atoms with Gasteiger partial charge in [-0.25, -0.2) is 10.5 Å². The van der Waals surface area contributed by atoms with Gasteiger partial charge in [0, 0.05) is 25.2 Å². The number of carbonyl (C=O) groups excluding carboxylic acids is 2. The van der Waals surface area contributed by atoms with Crippen LogP contribution in [0.2, 0.25) is 0 Å². The molecule has 0 spiro atoms. The van der Waals surface area contributed by atoms with Crippen molar-refractivity contribution < 1.29 is 14.8 Å². The van der Waals surface area contributed by atoms with E-state index in [0.29, 0.717) is 17.3 Å². The van der Waals surface area contributed by atoms with Gasteiger partial charge in [0.05, 0.1) is 11.4 Å². The highest BCUT2D eigenvalue weighted by Crippen LogP contribution is 2.32. The smallest absolute Gasteiger partial charge is 0.267 e. The van der Waals surface area contributed by atoms with Gasteiger partial charge in [-0.05, 0) is 73.6 Å². The van der Waals surface area contributed by atoms with E-state index >= 15 is 0 Å². The summed E-state index contributed by atoms with van der Waals surface area (Å²) in [7, 11) is 0. The number of amides is 2. The zero-order chi connectivity index (χ0) is 21.5. The average molecular weight is 442 g/mol. The lowest BCUT2D eigenvalue weighted by atomic mass is 9.84. The third-order valence-corrected chi connectivity index (χ3v) is 5.46. The molecule has 31 heavy (non-hydrogen) atoms. The minimum atomic E-state index is -0.628. The van der Waals surface area contributed by atoms with Crippen LogP contribution in [-0.4, -0.2) is 40.0 Å². The number of rotatable bonds is 5. The molecule has 1 aliphatic rings. The highest BCUT2D eigenvalue weighted by Gasteiger charge is 2.24. The predicted molar refractivity (Wildman–Crippen MR) is 124 cm³/mol. The molecule has 0 aliphatic carbocycles. The Morgan fingerprint density at radius 2 is 1.55 bits per heavy atom. The number of aromatic nitrogens is 1. The molecule has 1 aromatic carbocycles. The maximum absolute atomic E-state index is 12.6. The first-order valence-corrected chi connectivity index (χ1v) is 10.1. The van der Waals surface area contributed by atoms with Crippen molar-refractivity contribution in [2.24, 2.45) is 0 Å². The van der Waals surface area contributed by atoms with Crippen LogP contribution in [0.25, 0.3) is 12.2 Å². The lowest BCUT2D eigenvalue weighted by Gasteiger charge is -2.33. The van der Waals surface area contributed by atoms with Crippen molar-refractivity contribution in [1.29, 1.82) is 0 Å². The lowest BCUT2D eigenvalue weighted by molar-refractivity contribution is -0.127. The van der Waals surface area contributed by atoms with Crippen LogP contribution >= 0.6 is 12.4 Å². The van der Waals surface area contributed by atoms with Crippen molar-refractivity contribution in [3.05, 3.63) is 76.6 Å². The summed E-state index contributed by atoms with van der Waals surface area (Å²) < 4.78 is 0. The number of hydroxylamine groups is 1. The van der Waals surface area contributed by atoms with Crippen molar-refractivity contribution in [2.75, 3.05) is 13.1 Å². The fourth-order valence-electron chi connectivity index (χ4n) is 3.97. The fraction of sp³-hybridized carbons (Fsp3) is 0.292. The second-order valence-corrected chi connectivity index (χ2v) is 7.54. The van der Waals surface area contributed by atoms with Crippen molar-refractivity contribution >= 4 is 36.4 Å². The fourth-order valence-corrected chi connectivity index (χ4v) is 3.97. The van der Waals surface area contributed by atoms with Crippen molar-refractivity contribution in [3.8, 4) is 0 Å². The Labute approximate surface area is 189 Å². The summed E-state index contributed by atoms with van der Waals surface area (Å²) in [6, 6.07) is 11.7. The number of halogens is 1. The highest BCUT2D eigenvalue weighted by molar-refractivity contribution is 5.92. The molecule has 0 radical (unpaired) electrons. The maximum Gasteiger partial charge on any atom is 0.267 e. The van der Waals surface area contributed by atoms with E-state index in [0.717, 1.165) is 25.9 Å². The quantitative estimate of drug-likeness (QED) is 0.416. The SMILES string of the molecule is Cc1cccc(C)c1C1CCN(C(=O)/C=C/c2cccc(/C=C/C(=O)NO)n2)CC1.Cl. The summed E-state index contributed by atoms with van der Waals surface area (Å²) in [5, 5.41) is 8.52. The van der Waals surface area contributed by atoms with E-state index in [2.05, 4.69) is 37.0 Å². The van der Waals surface area contributed by atoms with Gasteiger partial charge in [0.25, 0.3) is 5.91 Å². The summed E-state index contributed by atoms with van der Waals surface area (Å²) in [6.07, 6.45) is 7.84. The van der Waals surface area contributed by atoms with Crippen LogP contribution in [0.5, 0.6) is 0 Å². The van der Waals surface area contributed by atoms with E-state index in [-0.39, 0.29) is 18.3 Å². The molecule has 0 atom stereocenters. The molecule has 0 bridgehead atoms. The second kappa shape index (κ2) is 11.4. The first kappa shape index (κ1) is 24.3. The Morgan fingerprint density at radius 3 is 2.13 bits per heavy atom. The molecule has 2 N–H and O–H groups in total.